The van der Waals surface area contributed by atoms with Crippen LogP contribution in [0.4, 0.5) is 13.2 Å². The van der Waals surface area contributed by atoms with Gasteiger partial charge < -0.3 is 4.74 Å². The van der Waals surface area contributed by atoms with Gasteiger partial charge in [0.2, 0.25) is 5.82 Å². The monoisotopic (exact) mass is 401 g/mol. The Balaban J connectivity index is 0.00000100. The predicted molar refractivity (Wildman–Crippen MR) is 89.5 cm³/mol. The molecule has 0 radical (unpaired) electrons. The second-order valence-corrected chi connectivity index (χ2v) is 5.37. The molecule has 0 saturated carbocycles. The number of halogens is 4. The van der Waals surface area contributed by atoms with Crippen LogP contribution < -0.4 is 4.74 Å². The van der Waals surface area contributed by atoms with Gasteiger partial charge in [-0.05, 0) is 40.2 Å². The first kappa shape index (κ1) is 18.3. The van der Waals surface area contributed by atoms with E-state index in [1.807, 2.05) is 13.8 Å². The Morgan fingerprint density at radius 3 is 2.38 bits per heavy atom. The molecule has 2 aromatic heterocycles. The molecule has 4 nitrogen and oxygen atoms in total. The van der Waals surface area contributed by atoms with Crippen molar-refractivity contribution in [2.45, 2.75) is 20.0 Å². The highest BCUT2D eigenvalue weighted by molar-refractivity contribution is 9.10. The molecule has 0 N–H and O–H groups in total. The molecule has 0 atom stereocenters. The summed E-state index contributed by atoms with van der Waals surface area (Å²) in [5.41, 5.74) is 0.499. The van der Waals surface area contributed by atoms with Gasteiger partial charge in [-0.15, -0.1) is 0 Å². The molecular formula is C16H15BrF3N3O. The van der Waals surface area contributed by atoms with Crippen molar-refractivity contribution < 1.29 is 17.9 Å². The fraction of sp³-hybridized carbons (Fsp3) is 0.250. The van der Waals surface area contributed by atoms with Crippen LogP contribution in [0.1, 0.15) is 19.7 Å². The number of hydrogen-bond donors (Lipinski definition) is 0. The minimum Gasteiger partial charge on any atom is -0.497 e. The van der Waals surface area contributed by atoms with Gasteiger partial charge in [0.15, 0.2) is 0 Å². The van der Waals surface area contributed by atoms with Crippen LogP contribution >= 0.6 is 15.9 Å². The van der Waals surface area contributed by atoms with Gasteiger partial charge in [0.1, 0.15) is 11.6 Å². The third kappa shape index (κ3) is 3.53. The van der Waals surface area contributed by atoms with Crippen LogP contribution in [0.5, 0.6) is 5.75 Å². The molecule has 2 heterocycles. The van der Waals surface area contributed by atoms with Crippen LogP contribution in [-0.2, 0) is 6.18 Å². The zero-order valence-corrected chi connectivity index (χ0v) is 14.8. The van der Waals surface area contributed by atoms with Crippen molar-refractivity contribution in [1.29, 1.82) is 0 Å². The van der Waals surface area contributed by atoms with Crippen LogP contribution in [0, 0.1) is 0 Å². The Morgan fingerprint density at radius 2 is 1.83 bits per heavy atom. The summed E-state index contributed by atoms with van der Waals surface area (Å²) in [6.07, 6.45) is -3.16. The number of alkyl halides is 3. The molecule has 0 saturated heterocycles. The summed E-state index contributed by atoms with van der Waals surface area (Å²) in [5, 5.41) is 0. The third-order valence-electron chi connectivity index (χ3n) is 3.06. The summed E-state index contributed by atoms with van der Waals surface area (Å²) in [7, 11) is 1.44. The standard InChI is InChI=1S/C14H9BrF3N3O.C2H6/c1-22-9-3-4-11-10(6-9)20-13(14(16,17)18)21(11)12-5-2-8(15)7-19-12;1-2/h2-7H,1H3;1-2H3. The normalized spacial score (nSPS) is 11.1. The van der Waals surface area contributed by atoms with E-state index in [1.54, 1.807) is 12.1 Å². The number of aromatic nitrogens is 3. The lowest BCUT2D eigenvalue weighted by atomic mass is 10.3. The average Bonchev–Trinajstić information content (AvgIpc) is 2.96. The number of benzene rings is 1. The molecule has 0 unspecified atom stereocenters. The molecule has 1 aromatic carbocycles. The number of imidazole rings is 1. The Kier molecular flexibility index (Phi) is 5.48. The molecule has 0 bridgehead atoms. The minimum atomic E-state index is -4.60. The fourth-order valence-electron chi connectivity index (χ4n) is 2.11. The average molecular weight is 402 g/mol. The van der Waals surface area contributed by atoms with Crippen molar-refractivity contribution in [2.24, 2.45) is 0 Å². The van der Waals surface area contributed by atoms with Crippen molar-refractivity contribution in [2.75, 3.05) is 7.11 Å². The van der Waals surface area contributed by atoms with Gasteiger partial charge in [0.05, 0.1) is 18.1 Å². The number of hydrogen-bond acceptors (Lipinski definition) is 3. The quantitative estimate of drug-likeness (QED) is 0.589. The molecule has 0 amide bonds. The molecule has 3 rings (SSSR count). The van der Waals surface area contributed by atoms with E-state index in [-0.39, 0.29) is 11.3 Å². The van der Waals surface area contributed by atoms with Crippen molar-refractivity contribution in [1.82, 2.24) is 14.5 Å². The highest BCUT2D eigenvalue weighted by Crippen LogP contribution is 2.34. The summed E-state index contributed by atoms with van der Waals surface area (Å²) >= 11 is 3.21. The summed E-state index contributed by atoms with van der Waals surface area (Å²) in [5.74, 6) is -0.441. The Hall–Kier alpha value is -2.09. The fourth-order valence-corrected chi connectivity index (χ4v) is 2.34. The molecule has 0 aliphatic heterocycles. The number of methoxy groups -OCH3 is 1. The number of nitrogens with zero attached hydrogens (tertiary/aromatic N) is 3. The van der Waals surface area contributed by atoms with Gasteiger partial charge >= 0.3 is 6.18 Å². The van der Waals surface area contributed by atoms with E-state index in [2.05, 4.69) is 25.9 Å². The third-order valence-corrected chi connectivity index (χ3v) is 3.53. The minimum absolute atomic E-state index is 0.142. The molecule has 3 aromatic rings. The number of pyridine rings is 1. The number of ether oxygens (including phenoxy) is 1. The Morgan fingerprint density at radius 1 is 1.12 bits per heavy atom. The molecule has 0 fully saturated rings. The first-order valence-electron chi connectivity index (χ1n) is 7.16. The van der Waals surface area contributed by atoms with Crippen molar-refractivity contribution >= 4 is 27.0 Å². The highest BCUT2D eigenvalue weighted by Gasteiger charge is 2.38. The SMILES string of the molecule is CC.COc1ccc2c(c1)nc(C(F)(F)F)n2-c1ccc(Br)cn1. The first-order valence-corrected chi connectivity index (χ1v) is 7.95. The summed E-state index contributed by atoms with van der Waals surface area (Å²) in [6, 6.07) is 7.68. The van der Waals surface area contributed by atoms with Crippen molar-refractivity contribution in [3.05, 3.63) is 46.8 Å². The van der Waals surface area contributed by atoms with Crippen LogP contribution in [0.2, 0.25) is 0 Å². The second kappa shape index (κ2) is 7.21. The molecule has 128 valence electrons. The van der Waals surface area contributed by atoms with E-state index in [9.17, 15) is 13.2 Å². The predicted octanol–water partition coefficient (Wildman–Crippen LogP) is 5.24. The van der Waals surface area contributed by atoms with Crippen LogP contribution in [0.3, 0.4) is 0 Å². The van der Waals surface area contributed by atoms with Gasteiger partial charge in [0.25, 0.3) is 0 Å². The molecule has 24 heavy (non-hydrogen) atoms. The molecule has 0 aliphatic carbocycles. The summed E-state index contributed by atoms with van der Waals surface area (Å²) < 4.78 is 46.5. The lowest BCUT2D eigenvalue weighted by Gasteiger charge is -2.10. The van der Waals surface area contributed by atoms with Crippen molar-refractivity contribution in [3.8, 4) is 11.6 Å². The maximum atomic E-state index is 13.3. The van der Waals surface area contributed by atoms with E-state index < -0.39 is 12.0 Å². The zero-order chi connectivity index (χ0) is 17.9. The lowest BCUT2D eigenvalue weighted by Crippen LogP contribution is -2.14. The number of rotatable bonds is 2. The highest BCUT2D eigenvalue weighted by atomic mass is 79.9. The molecule has 0 aliphatic rings. The van der Waals surface area contributed by atoms with E-state index in [0.717, 1.165) is 4.57 Å². The zero-order valence-electron chi connectivity index (χ0n) is 13.2. The van der Waals surface area contributed by atoms with Crippen LogP contribution in [0.25, 0.3) is 16.9 Å². The van der Waals surface area contributed by atoms with Crippen molar-refractivity contribution in [3.63, 3.8) is 0 Å². The second-order valence-electron chi connectivity index (χ2n) is 4.46. The smallest absolute Gasteiger partial charge is 0.450 e. The van der Waals surface area contributed by atoms with E-state index in [0.29, 0.717) is 15.7 Å². The Labute approximate surface area is 145 Å². The van der Waals surface area contributed by atoms with Gasteiger partial charge in [0, 0.05) is 16.7 Å². The maximum absolute atomic E-state index is 13.3. The first-order chi connectivity index (χ1) is 11.4. The van der Waals surface area contributed by atoms with E-state index in [1.165, 1.54) is 31.5 Å². The van der Waals surface area contributed by atoms with Gasteiger partial charge in [-0.25, -0.2) is 9.97 Å². The largest absolute Gasteiger partial charge is 0.497 e. The van der Waals surface area contributed by atoms with E-state index in [4.69, 9.17) is 4.74 Å². The van der Waals surface area contributed by atoms with E-state index >= 15 is 0 Å². The molecular weight excluding hydrogens is 387 g/mol. The van der Waals surface area contributed by atoms with Gasteiger partial charge in [-0.3, -0.25) is 4.57 Å². The van der Waals surface area contributed by atoms with Crippen LogP contribution in [-0.4, -0.2) is 21.6 Å². The van der Waals surface area contributed by atoms with Gasteiger partial charge in [-0.1, -0.05) is 13.8 Å². The summed E-state index contributed by atoms with van der Waals surface area (Å²) in [6.45, 7) is 4.00. The van der Waals surface area contributed by atoms with Crippen LogP contribution in [0.15, 0.2) is 41.0 Å². The number of fused-ring (bicyclic) bond motifs is 1. The van der Waals surface area contributed by atoms with Gasteiger partial charge in [-0.2, -0.15) is 13.2 Å². The Bertz CT molecular complexity index is 829. The lowest BCUT2D eigenvalue weighted by molar-refractivity contribution is -0.145. The molecule has 0 spiro atoms. The molecule has 8 heteroatoms. The maximum Gasteiger partial charge on any atom is 0.450 e. The summed E-state index contributed by atoms with van der Waals surface area (Å²) in [4.78, 5) is 7.73. The topological polar surface area (TPSA) is 39.9 Å².